The van der Waals surface area contributed by atoms with Gasteiger partial charge in [0.2, 0.25) is 0 Å². The number of hydrogen-bond acceptors (Lipinski definition) is 3. The Kier molecular flexibility index (Phi) is 5.69. The second-order valence-corrected chi connectivity index (χ2v) is 3.97. The van der Waals surface area contributed by atoms with E-state index < -0.39 is 18.0 Å². The predicted molar refractivity (Wildman–Crippen MR) is 65.1 cm³/mol. The lowest BCUT2D eigenvalue weighted by molar-refractivity contribution is -0.138. The summed E-state index contributed by atoms with van der Waals surface area (Å²) in [5.41, 5.74) is 0. The Morgan fingerprint density at radius 3 is 2.83 bits per heavy atom. The average molecular weight is 254 g/mol. The van der Waals surface area contributed by atoms with Crippen LogP contribution in [0.2, 0.25) is 0 Å². The molecular weight excluding hydrogens is 236 g/mol. The monoisotopic (exact) mass is 254 g/mol. The molecule has 7 nitrogen and oxygen atoms in total. The van der Waals surface area contributed by atoms with Crippen molar-refractivity contribution in [2.45, 2.75) is 32.4 Å². The van der Waals surface area contributed by atoms with Crippen LogP contribution in [0.3, 0.4) is 0 Å². The molecule has 0 bridgehead atoms. The van der Waals surface area contributed by atoms with Crippen molar-refractivity contribution in [3.63, 3.8) is 0 Å². The average Bonchev–Trinajstić information content (AvgIpc) is 2.81. The molecule has 0 aliphatic heterocycles. The fourth-order valence-corrected chi connectivity index (χ4v) is 1.35. The molecule has 18 heavy (non-hydrogen) atoms. The molecule has 0 saturated heterocycles. The van der Waals surface area contributed by atoms with E-state index in [4.69, 9.17) is 5.11 Å². The SMILES string of the molecule is C[C@H](NC(=O)NCCCCn1ccnc1)C(=O)O. The van der Waals surface area contributed by atoms with Crippen LogP contribution in [0.15, 0.2) is 18.7 Å². The molecule has 100 valence electrons. The number of nitrogens with zero attached hydrogens (tertiary/aromatic N) is 2. The third-order valence-corrected chi connectivity index (χ3v) is 2.41. The van der Waals surface area contributed by atoms with Gasteiger partial charge in [-0.25, -0.2) is 9.78 Å². The van der Waals surface area contributed by atoms with Gasteiger partial charge >= 0.3 is 12.0 Å². The molecule has 0 aliphatic carbocycles. The van der Waals surface area contributed by atoms with E-state index in [1.807, 2.05) is 10.8 Å². The summed E-state index contributed by atoms with van der Waals surface area (Å²) in [6.07, 6.45) is 7.10. The van der Waals surface area contributed by atoms with Crippen LogP contribution >= 0.6 is 0 Å². The van der Waals surface area contributed by atoms with Gasteiger partial charge in [0.15, 0.2) is 0 Å². The zero-order valence-electron chi connectivity index (χ0n) is 10.3. The molecule has 0 spiro atoms. The van der Waals surface area contributed by atoms with Gasteiger partial charge in [-0.1, -0.05) is 0 Å². The lowest BCUT2D eigenvalue weighted by atomic mass is 10.3. The van der Waals surface area contributed by atoms with Crippen LogP contribution in [0.25, 0.3) is 0 Å². The van der Waals surface area contributed by atoms with Crippen LogP contribution in [0, 0.1) is 0 Å². The van der Waals surface area contributed by atoms with Crippen molar-refractivity contribution in [1.82, 2.24) is 20.2 Å². The quantitative estimate of drug-likeness (QED) is 0.615. The summed E-state index contributed by atoms with van der Waals surface area (Å²) in [7, 11) is 0. The molecule has 1 aromatic heterocycles. The molecule has 2 amide bonds. The summed E-state index contributed by atoms with van der Waals surface area (Å²) in [5, 5.41) is 13.5. The van der Waals surface area contributed by atoms with Crippen molar-refractivity contribution in [2.75, 3.05) is 6.54 Å². The molecule has 1 aromatic rings. The fraction of sp³-hybridized carbons (Fsp3) is 0.545. The van der Waals surface area contributed by atoms with Crippen molar-refractivity contribution in [3.8, 4) is 0 Å². The van der Waals surface area contributed by atoms with E-state index in [1.165, 1.54) is 6.92 Å². The molecule has 0 radical (unpaired) electrons. The van der Waals surface area contributed by atoms with E-state index in [0.717, 1.165) is 19.4 Å². The first kappa shape index (κ1) is 14.0. The largest absolute Gasteiger partial charge is 0.480 e. The standard InChI is InChI=1S/C11H18N4O3/c1-9(10(16)17)14-11(18)13-4-2-3-6-15-7-5-12-8-15/h5,7-9H,2-4,6H2,1H3,(H,16,17)(H2,13,14,18)/t9-/m0/s1. The van der Waals surface area contributed by atoms with Crippen LogP contribution in [-0.4, -0.2) is 39.2 Å². The zero-order chi connectivity index (χ0) is 13.4. The lowest BCUT2D eigenvalue weighted by Gasteiger charge is -2.10. The predicted octanol–water partition coefficient (Wildman–Crippen LogP) is 0.436. The lowest BCUT2D eigenvalue weighted by Crippen LogP contribution is -2.44. The summed E-state index contributed by atoms with van der Waals surface area (Å²) in [6.45, 7) is 2.79. The number of aromatic nitrogens is 2. The Bertz CT molecular complexity index is 378. The molecule has 3 N–H and O–H groups in total. The maximum atomic E-state index is 11.2. The molecule has 0 aliphatic rings. The maximum absolute atomic E-state index is 11.2. The number of carbonyl (C=O) groups excluding carboxylic acids is 1. The van der Waals surface area contributed by atoms with E-state index in [2.05, 4.69) is 15.6 Å². The fourth-order valence-electron chi connectivity index (χ4n) is 1.35. The highest BCUT2D eigenvalue weighted by atomic mass is 16.4. The summed E-state index contributed by atoms with van der Waals surface area (Å²) < 4.78 is 1.96. The van der Waals surface area contributed by atoms with Gasteiger partial charge in [0.05, 0.1) is 6.33 Å². The Balaban J connectivity index is 2.03. The van der Waals surface area contributed by atoms with Crippen LogP contribution in [0.5, 0.6) is 0 Å². The van der Waals surface area contributed by atoms with Crippen LogP contribution < -0.4 is 10.6 Å². The summed E-state index contributed by atoms with van der Waals surface area (Å²) >= 11 is 0. The van der Waals surface area contributed by atoms with Crippen molar-refractivity contribution in [3.05, 3.63) is 18.7 Å². The van der Waals surface area contributed by atoms with E-state index in [-0.39, 0.29) is 0 Å². The number of unbranched alkanes of at least 4 members (excludes halogenated alkanes) is 1. The molecule has 1 atom stereocenters. The van der Waals surface area contributed by atoms with Crippen molar-refractivity contribution < 1.29 is 14.7 Å². The van der Waals surface area contributed by atoms with Gasteiger partial charge in [-0.05, 0) is 19.8 Å². The highest BCUT2D eigenvalue weighted by Gasteiger charge is 2.12. The number of imidazole rings is 1. The molecule has 0 fully saturated rings. The zero-order valence-corrected chi connectivity index (χ0v) is 10.3. The number of amides is 2. The third kappa shape index (κ3) is 5.33. The second kappa shape index (κ2) is 7.31. The highest BCUT2D eigenvalue weighted by molar-refractivity contribution is 5.82. The first-order chi connectivity index (χ1) is 8.59. The van der Waals surface area contributed by atoms with E-state index in [9.17, 15) is 9.59 Å². The van der Waals surface area contributed by atoms with Crippen molar-refractivity contribution in [2.24, 2.45) is 0 Å². The Labute approximate surface area is 105 Å². The van der Waals surface area contributed by atoms with Gasteiger partial charge in [-0.2, -0.15) is 0 Å². The third-order valence-electron chi connectivity index (χ3n) is 2.41. The first-order valence-electron chi connectivity index (χ1n) is 5.82. The molecule has 1 heterocycles. The van der Waals surface area contributed by atoms with E-state index >= 15 is 0 Å². The number of aryl methyl sites for hydroxylation is 1. The topological polar surface area (TPSA) is 96.3 Å². The Hall–Kier alpha value is -2.05. The molecular formula is C11H18N4O3. The van der Waals surface area contributed by atoms with Gasteiger partial charge < -0.3 is 20.3 Å². The Morgan fingerprint density at radius 2 is 2.22 bits per heavy atom. The molecule has 0 aromatic carbocycles. The number of nitrogens with one attached hydrogen (secondary N) is 2. The minimum Gasteiger partial charge on any atom is -0.480 e. The number of aliphatic carboxylic acids is 1. The van der Waals surface area contributed by atoms with Crippen LogP contribution in [0.4, 0.5) is 4.79 Å². The van der Waals surface area contributed by atoms with Gasteiger partial charge in [0.25, 0.3) is 0 Å². The van der Waals surface area contributed by atoms with Crippen LogP contribution in [0.1, 0.15) is 19.8 Å². The van der Waals surface area contributed by atoms with Crippen LogP contribution in [-0.2, 0) is 11.3 Å². The first-order valence-corrected chi connectivity index (χ1v) is 5.82. The van der Waals surface area contributed by atoms with Gasteiger partial charge in [-0.15, -0.1) is 0 Å². The number of urea groups is 1. The van der Waals surface area contributed by atoms with Crippen molar-refractivity contribution >= 4 is 12.0 Å². The second-order valence-electron chi connectivity index (χ2n) is 3.97. The normalized spacial score (nSPS) is 11.8. The minimum atomic E-state index is -1.05. The summed E-state index contributed by atoms with van der Waals surface area (Å²) in [6, 6.07) is -1.33. The minimum absolute atomic E-state index is 0.451. The molecule has 0 unspecified atom stereocenters. The molecule has 0 saturated carbocycles. The highest BCUT2D eigenvalue weighted by Crippen LogP contribution is 1.93. The smallest absolute Gasteiger partial charge is 0.325 e. The van der Waals surface area contributed by atoms with Gasteiger partial charge in [-0.3, -0.25) is 4.79 Å². The Morgan fingerprint density at radius 1 is 1.44 bits per heavy atom. The number of carboxylic acids is 1. The number of rotatable bonds is 7. The van der Waals surface area contributed by atoms with Gasteiger partial charge in [0, 0.05) is 25.5 Å². The van der Waals surface area contributed by atoms with Gasteiger partial charge in [0.1, 0.15) is 6.04 Å². The maximum Gasteiger partial charge on any atom is 0.325 e. The molecule has 7 heteroatoms. The number of hydrogen-bond donors (Lipinski definition) is 3. The van der Waals surface area contributed by atoms with E-state index in [1.54, 1.807) is 12.5 Å². The van der Waals surface area contributed by atoms with E-state index in [0.29, 0.717) is 6.54 Å². The molecule has 1 rings (SSSR count). The number of carboxylic acid groups (broad SMARTS) is 1. The summed E-state index contributed by atoms with van der Waals surface area (Å²) in [4.78, 5) is 25.7. The number of carbonyl (C=O) groups is 2. The summed E-state index contributed by atoms with van der Waals surface area (Å²) in [5.74, 6) is -1.05. The van der Waals surface area contributed by atoms with Crippen molar-refractivity contribution in [1.29, 1.82) is 0 Å².